The molecule has 0 spiro atoms. The molecule has 0 amide bonds. The Morgan fingerprint density at radius 1 is 0.520 bits per heavy atom. The molecule has 0 radical (unpaired) electrons. The van der Waals surface area contributed by atoms with E-state index in [0.717, 1.165) is 5.33 Å². The molecular formula is C23H25BrP+. The number of halogens is 1. The lowest BCUT2D eigenvalue weighted by molar-refractivity contribution is 1.19. The minimum atomic E-state index is -1.21. The molecule has 3 rings (SSSR count). The van der Waals surface area contributed by atoms with Gasteiger partial charge in [0.2, 0.25) is 0 Å². The Morgan fingerprint density at radius 3 is 1.12 bits per heavy atom. The molecule has 0 fully saturated rings. The van der Waals surface area contributed by atoms with Gasteiger partial charge in [-0.05, 0) is 16.7 Å². The normalized spacial score (nSPS) is 11.4. The zero-order valence-electron chi connectivity index (χ0n) is 14.5. The summed E-state index contributed by atoms with van der Waals surface area (Å²) in [6, 6.07) is 33.1. The highest BCUT2D eigenvalue weighted by molar-refractivity contribution is 9.09. The quantitative estimate of drug-likeness (QED) is 0.276. The van der Waals surface area contributed by atoms with Crippen molar-refractivity contribution in [1.82, 2.24) is 0 Å². The van der Waals surface area contributed by atoms with Crippen molar-refractivity contribution in [3.63, 3.8) is 0 Å². The predicted octanol–water partition coefficient (Wildman–Crippen LogP) is 7.00. The Labute approximate surface area is 160 Å². The van der Waals surface area contributed by atoms with Gasteiger partial charge in [-0.3, -0.25) is 0 Å². The van der Waals surface area contributed by atoms with Crippen LogP contribution in [-0.4, -0.2) is 11.5 Å². The first-order chi connectivity index (χ1) is 12.3. The fraction of sp³-hybridized carbons (Fsp3) is 0.217. The Hall–Kier alpha value is -1.43. The van der Waals surface area contributed by atoms with Gasteiger partial charge in [0.05, 0.1) is 24.6 Å². The van der Waals surface area contributed by atoms with Crippen LogP contribution in [0.2, 0.25) is 0 Å². The Morgan fingerprint density at radius 2 is 0.840 bits per heavy atom. The van der Waals surface area contributed by atoms with Crippen molar-refractivity contribution in [3.05, 3.63) is 108 Å². The molecule has 3 aromatic rings. The Balaban J connectivity index is 1.94. The first-order valence-electron chi connectivity index (χ1n) is 8.82. The van der Waals surface area contributed by atoms with Gasteiger partial charge in [0, 0.05) is 12.6 Å². The third kappa shape index (κ3) is 5.53. The van der Waals surface area contributed by atoms with Crippen LogP contribution in [0.3, 0.4) is 0 Å². The number of rotatable bonds is 8. The predicted molar refractivity (Wildman–Crippen MR) is 116 cm³/mol. The Kier molecular flexibility index (Phi) is 6.84. The maximum Gasteiger partial charge on any atom is 0.0849 e. The SMILES string of the molecule is BrCC[P+](Cc1ccccc1)(Cc1ccccc1)Cc1ccccc1. The minimum absolute atomic E-state index is 1.08. The van der Waals surface area contributed by atoms with Crippen LogP contribution < -0.4 is 0 Å². The fourth-order valence-corrected chi connectivity index (χ4v) is 9.88. The summed E-state index contributed by atoms with van der Waals surface area (Å²) < 4.78 is 0. The zero-order chi connectivity index (χ0) is 17.4. The molecule has 0 aliphatic heterocycles. The van der Waals surface area contributed by atoms with Crippen LogP contribution in [0.5, 0.6) is 0 Å². The summed E-state index contributed by atoms with van der Waals surface area (Å²) >= 11 is 3.75. The van der Waals surface area contributed by atoms with Gasteiger partial charge in [0.25, 0.3) is 0 Å². The molecule has 0 unspecified atom stereocenters. The van der Waals surface area contributed by atoms with Crippen molar-refractivity contribution in [1.29, 1.82) is 0 Å². The van der Waals surface area contributed by atoms with E-state index in [1.54, 1.807) is 0 Å². The van der Waals surface area contributed by atoms with Gasteiger partial charge in [-0.25, -0.2) is 0 Å². The van der Waals surface area contributed by atoms with E-state index in [0.29, 0.717) is 0 Å². The van der Waals surface area contributed by atoms with Crippen LogP contribution in [0, 0.1) is 0 Å². The lowest BCUT2D eigenvalue weighted by Gasteiger charge is -2.28. The molecule has 0 saturated heterocycles. The van der Waals surface area contributed by atoms with Crippen molar-refractivity contribution in [3.8, 4) is 0 Å². The topological polar surface area (TPSA) is 0 Å². The lowest BCUT2D eigenvalue weighted by atomic mass is 10.2. The molecular weight excluding hydrogens is 387 g/mol. The Bertz CT molecular complexity index is 639. The molecule has 0 N–H and O–H groups in total. The molecule has 0 saturated carbocycles. The summed E-state index contributed by atoms with van der Waals surface area (Å²) in [6.07, 6.45) is 4.90. The van der Waals surface area contributed by atoms with Crippen molar-refractivity contribution in [2.75, 3.05) is 11.5 Å². The van der Waals surface area contributed by atoms with Crippen molar-refractivity contribution in [2.45, 2.75) is 18.5 Å². The van der Waals surface area contributed by atoms with E-state index in [1.165, 1.54) is 41.3 Å². The molecule has 0 aliphatic carbocycles. The average Bonchev–Trinajstić information content (AvgIpc) is 2.64. The standard InChI is InChI=1S/C23H25BrP/c24-16-17-25(18-21-10-4-1-5-11-21,19-22-12-6-2-7-13-22)20-23-14-8-3-9-15-23/h1-15H,16-20H2/q+1. The highest BCUT2D eigenvalue weighted by Crippen LogP contribution is 2.66. The first-order valence-corrected chi connectivity index (χ1v) is 12.5. The first kappa shape index (κ1) is 18.4. The van der Waals surface area contributed by atoms with Crippen molar-refractivity contribution < 1.29 is 0 Å². The molecule has 25 heavy (non-hydrogen) atoms. The average molecular weight is 412 g/mol. The smallest absolute Gasteiger partial charge is 0.0849 e. The summed E-state index contributed by atoms with van der Waals surface area (Å²) in [4.78, 5) is 0. The van der Waals surface area contributed by atoms with Gasteiger partial charge in [-0.15, -0.1) is 0 Å². The summed E-state index contributed by atoms with van der Waals surface area (Å²) in [7, 11) is -1.21. The number of benzene rings is 3. The molecule has 0 bridgehead atoms. The summed E-state index contributed by atoms with van der Waals surface area (Å²) in [6.45, 7) is 0. The fourth-order valence-electron chi connectivity index (χ4n) is 3.50. The van der Waals surface area contributed by atoms with E-state index >= 15 is 0 Å². The molecule has 0 heterocycles. The maximum absolute atomic E-state index is 3.75. The van der Waals surface area contributed by atoms with E-state index in [-0.39, 0.29) is 0 Å². The van der Waals surface area contributed by atoms with E-state index in [1.807, 2.05) is 0 Å². The molecule has 0 atom stereocenters. The molecule has 0 aliphatic rings. The van der Waals surface area contributed by atoms with Crippen molar-refractivity contribution in [2.24, 2.45) is 0 Å². The highest BCUT2D eigenvalue weighted by atomic mass is 79.9. The largest absolute Gasteiger partial charge is 0.0889 e. The maximum atomic E-state index is 3.75. The second-order valence-corrected chi connectivity index (χ2v) is 11.6. The van der Waals surface area contributed by atoms with Gasteiger partial charge in [0.1, 0.15) is 0 Å². The molecule has 0 nitrogen and oxygen atoms in total. The van der Waals surface area contributed by atoms with Crippen LogP contribution in [0.25, 0.3) is 0 Å². The number of alkyl halides is 1. The van der Waals surface area contributed by atoms with Crippen LogP contribution in [0.4, 0.5) is 0 Å². The highest BCUT2D eigenvalue weighted by Gasteiger charge is 2.37. The van der Waals surface area contributed by atoms with Gasteiger partial charge >= 0.3 is 0 Å². The van der Waals surface area contributed by atoms with Crippen LogP contribution >= 0.6 is 23.2 Å². The van der Waals surface area contributed by atoms with Gasteiger partial charge in [-0.1, -0.05) is 107 Å². The van der Waals surface area contributed by atoms with E-state index < -0.39 is 7.26 Å². The zero-order valence-corrected chi connectivity index (χ0v) is 17.0. The molecule has 0 aromatic heterocycles. The van der Waals surface area contributed by atoms with Crippen LogP contribution in [0.15, 0.2) is 91.0 Å². The summed E-state index contributed by atoms with van der Waals surface area (Å²) in [5.74, 6) is 0. The van der Waals surface area contributed by atoms with Crippen LogP contribution in [-0.2, 0) is 18.5 Å². The summed E-state index contributed by atoms with van der Waals surface area (Å²) in [5.41, 5.74) is 4.43. The van der Waals surface area contributed by atoms with Crippen molar-refractivity contribution >= 4 is 23.2 Å². The van der Waals surface area contributed by atoms with Gasteiger partial charge < -0.3 is 0 Å². The van der Waals surface area contributed by atoms with Gasteiger partial charge in [-0.2, -0.15) is 0 Å². The molecule has 2 heteroatoms. The number of hydrogen-bond acceptors (Lipinski definition) is 0. The second-order valence-electron chi connectivity index (χ2n) is 6.69. The van der Waals surface area contributed by atoms with E-state index in [4.69, 9.17) is 0 Å². The molecule has 3 aromatic carbocycles. The van der Waals surface area contributed by atoms with E-state index in [9.17, 15) is 0 Å². The minimum Gasteiger partial charge on any atom is -0.0889 e. The summed E-state index contributed by atoms with van der Waals surface area (Å²) in [5, 5.41) is 1.08. The molecule has 128 valence electrons. The monoisotopic (exact) mass is 411 g/mol. The second kappa shape index (κ2) is 9.32. The van der Waals surface area contributed by atoms with Gasteiger partial charge in [0.15, 0.2) is 0 Å². The number of hydrogen-bond donors (Lipinski definition) is 0. The lowest BCUT2D eigenvalue weighted by Crippen LogP contribution is -2.10. The van der Waals surface area contributed by atoms with Crippen LogP contribution in [0.1, 0.15) is 16.7 Å². The third-order valence-corrected chi connectivity index (χ3v) is 9.93. The van der Waals surface area contributed by atoms with E-state index in [2.05, 4.69) is 107 Å². The third-order valence-electron chi connectivity index (χ3n) is 4.64.